The quantitative estimate of drug-likeness (QED) is 0.0394. The summed E-state index contributed by atoms with van der Waals surface area (Å²) in [5.74, 6) is -2.14. The van der Waals surface area contributed by atoms with Crippen LogP contribution in [0.25, 0.3) is 11.8 Å². The van der Waals surface area contributed by atoms with Crippen molar-refractivity contribution >= 4 is 73.7 Å². The van der Waals surface area contributed by atoms with Crippen molar-refractivity contribution in [2.24, 2.45) is 5.10 Å². The molecule has 24 heteroatoms. The van der Waals surface area contributed by atoms with Crippen molar-refractivity contribution in [3.8, 4) is 5.69 Å². The van der Waals surface area contributed by atoms with Crippen LogP contribution in [0.15, 0.2) is 83.6 Å². The lowest BCUT2D eigenvalue weighted by molar-refractivity contribution is -0.432. The Bertz CT molecular complexity index is 2160. The van der Waals surface area contributed by atoms with Gasteiger partial charge in [0.1, 0.15) is 4.90 Å². The molecule has 0 aliphatic carbocycles. The Morgan fingerprint density at radius 3 is 2.31 bits per heavy atom. The van der Waals surface area contributed by atoms with E-state index in [0.29, 0.717) is 29.1 Å². The highest BCUT2D eigenvalue weighted by Crippen LogP contribution is 2.35. The number of ether oxygens (including phenoxy) is 1. The number of hydrogen-bond acceptors (Lipinski definition) is 17. The number of anilines is 1. The van der Waals surface area contributed by atoms with E-state index in [2.05, 4.69) is 28.9 Å². The maximum atomic E-state index is 13.6. The first kappa shape index (κ1) is 37.6. The number of aromatic nitrogens is 2. The molecule has 2 heterocycles. The van der Waals surface area contributed by atoms with Crippen molar-refractivity contribution in [1.29, 1.82) is 0 Å². The van der Waals surface area contributed by atoms with Gasteiger partial charge in [0.2, 0.25) is 0 Å². The first-order chi connectivity index (χ1) is 23.1. The molecule has 0 saturated heterocycles. The summed E-state index contributed by atoms with van der Waals surface area (Å²) in [7, 11) is -9.67. The fourth-order valence-electron chi connectivity index (χ4n) is 4.19. The van der Waals surface area contributed by atoms with Crippen LogP contribution >= 0.6 is 24.1 Å². The Morgan fingerprint density at radius 1 is 0.980 bits per heavy atom. The lowest BCUT2D eigenvalue weighted by Gasteiger charge is -2.15. The predicted octanol–water partition coefficient (Wildman–Crippen LogP) is 2.73. The minimum atomic E-state index is -4.96. The van der Waals surface area contributed by atoms with Crippen LogP contribution in [0.3, 0.4) is 0 Å². The Balaban J connectivity index is 1.79. The molecule has 0 fully saturated rings. The SMILES string of the molecule is CCOC(=O)C1=NN(c2cc(SOOO)ccc2S(=O)(=O)O)C(=O)/C1=C/C=C/c1c(C)[nH]n(-c2cc(S(=O)(=O)O)ccc2SOOO)c1=O. The van der Waals surface area contributed by atoms with Gasteiger partial charge in [-0.3, -0.25) is 23.8 Å². The van der Waals surface area contributed by atoms with E-state index in [1.54, 1.807) is 0 Å². The van der Waals surface area contributed by atoms with Gasteiger partial charge in [0.25, 0.3) is 31.7 Å². The fourth-order valence-corrected chi connectivity index (χ4v) is 6.19. The van der Waals surface area contributed by atoms with Crippen LogP contribution in [0.4, 0.5) is 5.69 Å². The molecule has 1 aliphatic heterocycles. The maximum absolute atomic E-state index is 13.6. The standard InChI is InChI=1S/C25H22N4O16S4/c1-3-41-25(32)22-17(24(31)29(27-22)19-11-14(46-44-42-33)7-10-21(19)49(38,39)40)6-4-5-16-13(2)26-28(23(16)30)18-12-15(48(35,36)37)8-9-20(18)47-45-43-34/h4-12,26,33-34H,3H2,1-2H3,(H,35,36,37)(H,38,39,40)/b5-4+,17-6+. The molecule has 49 heavy (non-hydrogen) atoms. The number of benzene rings is 2. The Hall–Kier alpha value is -4.18. The lowest BCUT2D eigenvalue weighted by atomic mass is 10.1. The third kappa shape index (κ3) is 8.52. The van der Waals surface area contributed by atoms with E-state index in [9.17, 15) is 40.3 Å². The van der Waals surface area contributed by atoms with Crippen LogP contribution in [0.5, 0.6) is 0 Å². The Morgan fingerprint density at radius 2 is 1.67 bits per heavy atom. The molecular formula is C25H22N4O16S4. The topological polar surface area (TPSA) is 283 Å². The number of hydrazone groups is 1. The first-order valence-electron chi connectivity index (χ1n) is 13.0. The molecule has 4 rings (SSSR count). The zero-order valence-corrected chi connectivity index (χ0v) is 27.8. The van der Waals surface area contributed by atoms with Gasteiger partial charge in [-0.25, -0.2) is 20.0 Å². The number of esters is 1. The normalized spacial score (nSPS) is 14.7. The monoisotopic (exact) mass is 762 g/mol. The largest absolute Gasteiger partial charge is 0.461 e. The summed E-state index contributed by atoms with van der Waals surface area (Å²) in [5, 5.41) is 31.2. The second-order valence-corrected chi connectivity index (χ2v) is 13.5. The third-order valence-electron chi connectivity index (χ3n) is 6.21. The number of rotatable bonds is 14. The molecule has 0 unspecified atom stereocenters. The van der Waals surface area contributed by atoms with E-state index in [-0.39, 0.29) is 33.3 Å². The molecule has 20 nitrogen and oxygen atoms in total. The summed E-state index contributed by atoms with van der Waals surface area (Å²) in [6, 6.07) is 6.19. The zero-order valence-electron chi connectivity index (χ0n) is 24.6. The molecular weight excluding hydrogens is 741 g/mol. The smallest absolute Gasteiger partial charge is 0.359 e. The molecule has 5 N–H and O–H groups in total. The summed E-state index contributed by atoms with van der Waals surface area (Å²) in [5.41, 5.74) is -2.24. The van der Waals surface area contributed by atoms with Crippen LogP contribution in [0.2, 0.25) is 0 Å². The average molecular weight is 763 g/mol. The number of carbonyl (C=O) groups is 2. The molecule has 262 valence electrons. The van der Waals surface area contributed by atoms with E-state index in [4.69, 9.17) is 15.3 Å². The number of aryl methyl sites for hydroxylation is 1. The van der Waals surface area contributed by atoms with Crippen molar-refractivity contribution < 1.29 is 69.5 Å². The van der Waals surface area contributed by atoms with Gasteiger partial charge in [0.05, 0.1) is 63.0 Å². The van der Waals surface area contributed by atoms with E-state index in [1.165, 1.54) is 26.0 Å². The van der Waals surface area contributed by atoms with Crippen LogP contribution in [0.1, 0.15) is 18.2 Å². The first-order valence-corrected chi connectivity index (χ1v) is 17.3. The Kier molecular flexibility index (Phi) is 12.0. The third-order valence-corrected chi connectivity index (χ3v) is 9.19. The predicted molar refractivity (Wildman–Crippen MR) is 167 cm³/mol. The van der Waals surface area contributed by atoms with Crippen molar-refractivity contribution in [2.75, 3.05) is 11.6 Å². The zero-order chi connectivity index (χ0) is 36.1. The van der Waals surface area contributed by atoms with Crippen LogP contribution < -0.4 is 10.6 Å². The average Bonchev–Trinajstić information content (AvgIpc) is 3.52. The Labute approximate surface area is 283 Å². The van der Waals surface area contributed by atoms with Crippen molar-refractivity contribution in [3.05, 3.63) is 75.7 Å². The molecule has 0 spiro atoms. The van der Waals surface area contributed by atoms with Crippen molar-refractivity contribution in [1.82, 2.24) is 9.78 Å². The summed E-state index contributed by atoms with van der Waals surface area (Å²) in [4.78, 5) is 38.5. The van der Waals surface area contributed by atoms with Gasteiger partial charge >= 0.3 is 5.97 Å². The van der Waals surface area contributed by atoms with Gasteiger partial charge in [-0.1, -0.05) is 16.2 Å². The molecule has 0 radical (unpaired) electrons. The number of H-pyrrole nitrogens is 1. The highest BCUT2D eigenvalue weighted by molar-refractivity contribution is 7.95. The highest BCUT2D eigenvalue weighted by Gasteiger charge is 2.38. The summed E-state index contributed by atoms with van der Waals surface area (Å²) in [6.45, 7) is 2.82. The lowest BCUT2D eigenvalue weighted by Crippen LogP contribution is -2.24. The van der Waals surface area contributed by atoms with Gasteiger partial charge in [-0.15, -0.1) is 8.67 Å². The van der Waals surface area contributed by atoms with E-state index >= 15 is 0 Å². The molecule has 0 saturated carbocycles. The molecule has 2 aromatic carbocycles. The number of allylic oxidation sites excluding steroid dienone is 2. The number of amides is 1. The van der Waals surface area contributed by atoms with E-state index < -0.39 is 64.4 Å². The van der Waals surface area contributed by atoms with Gasteiger partial charge in [0, 0.05) is 10.6 Å². The number of hydrogen-bond donors (Lipinski definition) is 5. The van der Waals surface area contributed by atoms with Gasteiger partial charge in [-0.05, 0) is 62.4 Å². The molecule has 1 aromatic heterocycles. The number of nitrogens with one attached hydrogen (secondary N) is 1. The van der Waals surface area contributed by atoms with Gasteiger partial charge < -0.3 is 4.74 Å². The fraction of sp³-hybridized carbons (Fsp3) is 0.120. The van der Waals surface area contributed by atoms with E-state index in [1.807, 2.05) is 0 Å². The van der Waals surface area contributed by atoms with Gasteiger partial charge in [-0.2, -0.15) is 26.9 Å². The highest BCUT2D eigenvalue weighted by atomic mass is 32.2. The number of aromatic amines is 1. The summed E-state index contributed by atoms with van der Waals surface area (Å²) in [6.07, 6.45) is 3.48. The molecule has 0 bridgehead atoms. The summed E-state index contributed by atoms with van der Waals surface area (Å²) < 4.78 is 81.7. The van der Waals surface area contributed by atoms with E-state index in [0.717, 1.165) is 47.2 Å². The summed E-state index contributed by atoms with van der Waals surface area (Å²) >= 11 is 0.794. The van der Waals surface area contributed by atoms with Gasteiger partial charge in [0.15, 0.2) is 5.71 Å². The van der Waals surface area contributed by atoms with Crippen molar-refractivity contribution in [3.63, 3.8) is 0 Å². The van der Waals surface area contributed by atoms with Crippen LogP contribution in [-0.4, -0.2) is 70.4 Å². The second-order valence-electron chi connectivity index (χ2n) is 9.18. The van der Waals surface area contributed by atoms with Crippen LogP contribution in [-0.2, 0) is 53.3 Å². The number of nitrogens with zero attached hydrogens (tertiary/aromatic N) is 3. The minimum Gasteiger partial charge on any atom is -0.461 e. The molecule has 1 aliphatic rings. The second kappa shape index (κ2) is 15.6. The van der Waals surface area contributed by atoms with Crippen LogP contribution in [0, 0.1) is 6.92 Å². The minimum absolute atomic E-state index is 0.0363. The molecule has 1 amide bonds. The van der Waals surface area contributed by atoms with Crippen molar-refractivity contribution in [2.45, 2.75) is 33.4 Å². The number of carbonyl (C=O) groups excluding carboxylic acids is 2. The molecule has 3 aromatic rings. The molecule has 0 atom stereocenters. The maximum Gasteiger partial charge on any atom is 0.359 e.